The summed E-state index contributed by atoms with van der Waals surface area (Å²) >= 11 is 0. The van der Waals surface area contributed by atoms with E-state index in [4.69, 9.17) is 9.15 Å². The van der Waals surface area contributed by atoms with Crippen molar-refractivity contribution in [1.82, 2.24) is 5.32 Å². The number of nitrogens with one attached hydrogen (secondary N) is 1. The van der Waals surface area contributed by atoms with Crippen molar-refractivity contribution in [1.29, 1.82) is 0 Å². The second-order valence-electron chi connectivity index (χ2n) is 8.88. The van der Waals surface area contributed by atoms with Gasteiger partial charge in [-0.2, -0.15) is 0 Å². The number of carbonyl (C=O) groups excluding carboxylic acids is 1. The van der Waals surface area contributed by atoms with Crippen LogP contribution in [0, 0.1) is 5.82 Å². The molecule has 4 aromatic rings. The van der Waals surface area contributed by atoms with Gasteiger partial charge in [-0.25, -0.2) is 12.8 Å². The molecule has 0 bridgehead atoms. The number of furan rings is 1. The lowest BCUT2D eigenvalue weighted by Gasteiger charge is -2.20. The molecule has 186 valence electrons. The van der Waals surface area contributed by atoms with Gasteiger partial charge in [0, 0.05) is 31.1 Å². The summed E-state index contributed by atoms with van der Waals surface area (Å²) in [7, 11) is -0.411. The molecular formula is C27H25FN2O5S. The van der Waals surface area contributed by atoms with Crippen LogP contribution in [0.3, 0.4) is 0 Å². The van der Waals surface area contributed by atoms with Gasteiger partial charge in [0.1, 0.15) is 28.7 Å². The van der Waals surface area contributed by atoms with Gasteiger partial charge in [0.25, 0.3) is 5.91 Å². The standard InChI is InChI=1S/C27H25FN2O5S/c1-29-27(31)25-22-14-21(16-4-5-16)23(30(2)36(3,32)33)15-24(22)35-26(25)17-6-10-19(11-7-17)34-20-12-8-18(28)9-13-20/h6-16H,4-5H2,1-3H3,(H,29,31). The van der Waals surface area contributed by atoms with Crippen molar-refractivity contribution in [3.05, 3.63) is 77.6 Å². The van der Waals surface area contributed by atoms with Crippen molar-refractivity contribution in [3.63, 3.8) is 0 Å². The van der Waals surface area contributed by atoms with Gasteiger partial charge in [0.2, 0.25) is 10.0 Å². The molecule has 1 aliphatic rings. The van der Waals surface area contributed by atoms with E-state index in [1.54, 1.807) is 37.4 Å². The quantitative estimate of drug-likeness (QED) is 0.348. The third kappa shape index (κ3) is 4.54. The SMILES string of the molecule is CNC(=O)c1c(-c2ccc(Oc3ccc(F)cc3)cc2)oc2cc(N(C)S(C)(=O)=O)c(C3CC3)cc12. The summed E-state index contributed by atoms with van der Waals surface area (Å²) in [6.07, 6.45) is 3.09. The predicted octanol–water partition coefficient (Wildman–Crippen LogP) is 5.66. The lowest BCUT2D eigenvalue weighted by Crippen LogP contribution is -2.25. The largest absolute Gasteiger partial charge is 0.457 e. The Kier molecular flexibility index (Phi) is 5.96. The number of sulfonamides is 1. The van der Waals surface area contributed by atoms with Crippen LogP contribution in [0.1, 0.15) is 34.7 Å². The van der Waals surface area contributed by atoms with Crippen LogP contribution in [-0.4, -0.2) is 34.7 Å². The number of anilines is 1. The zero-order valence-corrected chi connectivity index (χ0v) is 20.9. The minimum atomic E-state index is -3.48. The summed E-state index contributed by atoms with van der Waals surface area (Å²) in [4.78, 5) is 13.0. The van der Waals surface area contributed by atoms with Gasteiger partial charge in [0.05, 0.1) is 17.5 Å². The van der Waals surface area contributed by atoms with Gasteiger partial charge in [0.15, 0.2) is 0 Å². The van der Waals surface area contributed by atoms with Crippen LogP contribution in [0.4, 0.5) is 10.1 Å². The Morgan fingerprint density at radius 1 is 1.06 bits per heavy atom. The van der Waals surface area contributed by atoms with Crippen LogP contribution in [0.2, 0.25) is 0 Å². The first-order valence-electron chi connectivity index (χ1n) is 11.5. The zero-order valence-electron chi connectivity index (χ0n) is 20.0. The van der Waals surface area contributed by atoms with E-state index in [1.165, 1.54) is 35.6 Å². The van der Waals surface area contributed by atoms with Crippen molar-refractivity contribution >= 4 is 32.6 Å². The Morgan fingerprint density at radius 2 is 1.67 bits per heavy atom. The Morgan fingerprint density at radius 3 is 2.22 bits per heavy atom. The number of hydrogen-bond acceptors (Lipinski definition) is 5. The average molecular weight is 509 g/mol. The molecule has 0 saturated heterocycles. The lowest BCUT2D eigenvalue weighted by molar-refractivity contribution is 0.0964. The molecule has 1 aliphatic carbocycles. The van der Waals surface area contributed by atoms with Crippen molar-refractivity contribution < 1.29 is 26.8 Å². The summed E-state index contributed by atoms with van der Waals surface area (Å²) in [5, 5.41) is 3.31. The molecule has 9 heteroatoms. The Labute approximate surface area is 208 Å². The number of ether oxygens (including phenoxy) is 1. The maximum Gasteiger partial charge on any atom is 0.255 e. The van der Waals surface area contributed by atoms with E-state index in [9.17, 15) is 17.6 Å². The highest BCUT2D eigenvalue weighted by Gasteiger charge is 2.32. The monoisotopic (exact) mass is 508 g/mol. The average Bonchev–Trinajstić information content (AvgIpc) is 3.64. The van der Waals surface area contributed by atoms with Gasteiger partial charge in [-0.3, -0.25) is 9.10 Å². The van der Waals surface area contributed by atoms with Gasteiger partial charge in [-0.1, -0.05) is 0 Å². The molecule has 5 rings (SSSR count). The van der Waals surface area contributed by atoms with Crippen molar-refractivity contribution in [2.75, 3.05) is 24.7 Å². The van der Waals surface area contributed by atoms with E-state index in [0.29, 0.717) is 45.0 Å². The fourth-order valence-electron chi connectivity index (χ4n) is 4.19. The van der Waals surface area contributed by atoms with Crippen LogP contribution in [0.15, 0.2) is 65.1 Å². The highest BCUT2D eigenvalue weighted by atomic mass is 32.2. The van der Waals surface area contributed by atoms with Gasteiger partial charge in [-0.15, -0.1) is 0 Å². The van der Waals surface area contributed by atoms with E-state index in [0.717, 1.165) is 24.7 Å². The molecule has 0 radical (unpaired) electrons. The maximum atomic E-state index is 13.2. The number of rotatable bonds is 7. The molecule has 36 heavy (non-hydrogen) atoms. The minimum absolute atomic E-state index is 0.243. The van der Waals surface area contributed by atoms with E-state index in [-0.39, 0.29) is 17.6 Å². The fourth-order valence-corrected chi connectivity index (χ4v) is 4.70. The number of amides is 1. The summed E-state index contributed by atoms with van der Waals surface area (Å²) in [5.74, 6) is 0.998. The summed E-state index contributed by atoms with van der Waals surface area (Å²) in [5.41, 5.74) is 2.90. The molecule has 0 spiro atoms. The second-order valence-corrected chi connectivity index (χ2v) is 10.9. The van der Waals surface area contributed by atoms with Crippen LogP contribution in [0.5, 0.6) is 11.5 Å². The Balaban J connectivity index is 1.59. The molecule has 1 fully saturated rings. The summed E-state index contributed by atoms with van der Waals surface area (Å²) in [6, 6.07) is 16.3. The first-order valence-corrected chi connectivity index (χ1v) is 13.3. The molecule has 0 atom stereocenters. The van der Waals surface area contributed by atoms with Crippen molar-refractivity contribution in [2.45, 2.75) is 18.8 Å². The van der Waals surface area contributed by atoms with E-state index in [1.807, 2.05) is 6.07 Å². The number of benzene rings is 3. The predicted molar refractivity (Wildman–Crippen MR) is 137 cm³/mol. The van der Waals surface area contributed by atoms with Crippen LogP contribution in [0.25, 0.3) is 22.3 Å². The first kappa shape index (κ1) is 23.9. The normalized spacial score (nSPS) is 13.6. The maximum absolute atomic E-state index is 13.2. The second kappa shape index (κ2) is 8.98. The molecule has 1 aromatic heterocycles. The number of carbonyl (C=O) groups is 1. The highest BCUT2D eigenvalue weighted by Crippen LogP contribution is 2.47. The number of hydrogen-bond donors (Lipinski definition) is 1. The summed E-state index contributed by atoms with van der Waals surface area (Å²) < 4.78 is 50.9. The molecule has 0 unspecified atom stereocenters. The van der Waals surface area contributed by atoms with E-state index < -0.39 is 10.0 Å². The van der Waals surface area contributed by atoms with Gasteiger partial charge >= 0.3 is 0 Å². The van der Waals surface area contributed by atoms with Crippen LogP contribution >= 0.6 is 0 Å². The molecular weight excluding hydrogens is 483 g/mol. The van der Waals surface area contributed by atoms with E-state index in [2.05, 4.69) is 5.32 Å². The van der Waals surface area contributed by atoms with E-state index >= 15 is 0 Å². The van der Waals surface area contributed by atoms with Gasteiger partial charge < -0.3 is 14.5 Å². The number of halogens is 1. The van der Waals surface area contributed by atoms with Gasteiger partial charge in [-0.05, 0) is 78.9 Å². The number of fused-ring (bicyclic) bond motifs is 1. The third-order valence-corrected chi connectivity index (χ3v) is 7.50. The molecule has 1 saturated carbocycles. The molecule has 1 heterocycles. The van der Waals surface area contributed by atoms with Crippen LogP contribution in [-0.2, 0) is 10.0 Å². The van der Waals surface area contributed by atoms with Crippen molar-refractivity contribution in [3.8, 4) is 22.8 Å². The molecule has 7 nitrogen and oxygen atoms in total. The minimum Gasteiger partial charge on any atom is -0.457 e. The zero-order chi connectivity index (χ0) is 25.6. The fraction of sp³-hybridized carbons (Fsp3) is 0.222. The number of nitrogens with zero attached hydrogens (tertiary/aromatic N) is 1. The topological polar surface area (TPSA) is 88.8 Å². The molecule has 1 N–H and O–H groups in total. The van der Waals surface area contributed by atoms with Crippen molar-refractivity contribution in [2.24, 2.45) is 0 Å². The Bertz CT molecular complexity index is 1560. The first-order chi connectivity index (χ1) is 17.2. The third-order valence-electron chi connectivity index (χ3n) is 6.31. The smallest absolute Gasteiger partial charge is 0.255 e. The molecule has 3 aromatic carbocycles. The lowest BCUT2D eigenvalue weighted by atomic mass is 10.0. The summed E-state index contributed by atoms with van der Waals surface area (Å²) in [6.45, 7) is 0. The molecule has 1 amide bonds. The van der Waals surface area contributed by atoms with Crippen LogP contribution < -0.4 is 14.4 Å². The molecule has 0 aliphatic heterocycles. The highest BCUT2D eigenvalue weighted by molar-refractivity contribution is 7.92. The Hall–Kier alpha value is -3.85.